The second-order valence-electron chi connectivity index (χ2n) is 10.2. The maximum atomic E-state index is 12.4. The van der Waals surface area contributed by atoms with Crippen molar-refractivity contribution in [3.63, 3.8) is 0 Å². The van der Waals surface area contributed by atoms with E-state index in [9.17, 15) is 10.2 Å². The minimum Gasteiger partial charge on any atom is -0.504 e. The van der Waals surface area contributed by atoms with Gasteiger partial charge in [-0.1, -0.05) is 29.4 Å². The molecule has 1 spiro atoms. The standard InChI is InChI=1S/C26H28N2O4/c29-20-9-8-17-14-21-26(30)11-10-19(27-32-18-4-2-1-3-5-18)24-25(26,22(17)23(20)31-24)12-13-28(21)15-16-6-7-16/h1-5,8-9,16,21,24,29-30H,6-7,10-15H2/b27-19-/t21-,24+,25+,26-/m1/s1. The number of phenolic OH excluding ortho intramolecular Hbond substituents is 1. The molecule has 3 fully saturated rings. The first-order valence-electron chi connectivity index (χ1n) is 11.9. The number of nitrogens with zero attached hydrogens (tertiary/aromatic N) is 2. The van der Waals surface area contributed by atoms with Crippen LogP contribution >= 0.6 is 0 Å². The van der Waals surface area contributed by atoms with Gasteiger partial charge in [0.05, 0.1) is 16.7 Å². The molecule has 2 aromatic rings. The van der Waals surface area contributed by atoms with E-state index in [4.69, 9.17) is 9.57 Å². The first kappa shape index (κ1) is 18.9. The summed E-state index contributed by atoms with van der Waals surface area (Å²) in [5.41, 5.74) is 1.54. The fourth-order valence-electron chi connectivity index (χ4n) is 6.97. The van der Waals surface area contributed by atoms with Gasteiger partial charge < -0.3 is 19.8 Å². The van der Waals surface area contributed by atoms with Crippen LogP contribution in [-0.4, -0.2) is 51.7 Å². The van der Waals surface area contributed by atoms with Gasteiger partial charge in [-0.15, -0.1) is 0 Å². The molecule has 32 heavy (non-hydrogen) atoms. The van der Waals surface area contributed by atoms with Crippen molar-refractivity contribution in [1.29, 1.82) is 0 Å². The van der Waals surface area contributed by atoms with Crippen molar-refractivity contribution in [2.24, 2.45) is 11.1 Å². The molecular formula is C26H28N2O4. The Morgan fingerprint density at radius 1 is 1.12 bits per heavy atom. The number of aliphatic hydroxyl groups is 1. The molecule has 166 valence electrons. The van der Waals surface area contributed by atoms with Crippen molar-refractivity contribution >= 4 is 5.71 Å². The number of phenols is 1. The Bertz CT molecular complexity index is 1110. The van der Waals surface area contributed by atoms with Gasteiger partial charge in [-0.05, 0) is 74.8 Å². The highest BCUT2D eigenvalue weighted by Gasteiger charge is 2.72. The maximum absolute atomic E-state index is 12.4. The van der Waals surface area contributed by atoms with Crippen molar-refractivity contribution in [1.82, 2.24) is 4.90 Å². The van der Waals surface area contributed by atoms with Gasteiger partial charge in [-0.2, -0.15) is 0 Å². The molecule has 4 atom stereocenters. The number of aromatic hydroxyl groups is 1. The second-order valence-corrected chi connectivity index (χ2v) is 10.2. The van der Waals surface area contributed by atoms with E-state index in [1.807, 2.05) is 36.4 Å². The van der Waals surface area contributed by atoms with Crippen molar-refractivity contribution in [2.45, 2.75) is 61.7 Å². The lowest BCUT2D eigenvalue weighted by Crippen LogP contribution is -2.76. The molecule has 6 heteroatoms. The van der Waals surface area contributed by atoms with Gasteiger partial charge in [0.25, 0.3) is 0 Å². The van der Waals surface area contributed by atoms with E-state index < -0.39 is 17.1 Å². The normalized spacial score (nSPS) is 36.0. The van der Waals surface area contributed by atoms with E-state index in [2.05, 4.69) is 10.1 Å². The van der Waals surface area contributed by atoms with Gasteiger partial charge >= 0.3 is 0 Å². The molecule has 3 aliphatic carbocycles. The molecule has 0 unspecified atom stereocenters. The van der Waals surface area contributed by atoms with Crippen LogP contribution < -0.4 is 9.57 Å². The van der Waals surface area contributed by atoms with Gasteiger partial charge in [-0.25, -0.2) is 0 Å². The van der Waals surface area contributed by atoms with Crippen LogP contribution in [0.3, 0.4) is 0 Å². The summed E-state index contributed by atoms with van der Waals surface area (Å²) >= 11 is 0. The predicted octanol–water partition coefficient (Wildman–Crippen LogP) is 3.39. The Labute approximate surface area is 187 Å². The van der Waals surface area contributed by atoms with Gasteiger partial charge in [0.15, 0.2) is 23.4 Å². The third-order valence-electron chi connectivity index (χ3n) is 8.59. The zero-order valence-electron chi connectivity index (χ0n) is 18.0. The predicted molar refractivity (Wildman–Crippen MR) is 119 cm³/mol. The minimum atomic E-state index is -0.900. The number of ether oxygens (including phenoxy) is 1. The fourth-order valence-corrected chi connectivity index (χ4v) is 6.97. The van der Waals surface area contributed by atoms with E-state index >= 15 is 0 Å². The first-order valence-corrected chi connectivity index (χ1v) is 11.9. The van der Waals surface area contributed by atoms with E-state index in [0.29, 0.717) is 24.3 Å². The lowest BCUT2D eigenvalue weighted by atomic mass is 9.49. The number of hydrogen-bond acceptors (Lipinski definition) is 6. The Morgan fingerprint density at radius 3 is 2.78 bits per heavy atom. The summed E-state index contributed by atoms with van der Waals surface area (Å²) in [6, 6.07) is 13.4. The Kier molecular flexibility index (Phi) is 3.84. The summed E-state index contributed by atoms with van der Waals surface area (Å²) in [5, 5.41) is 27.6. The van der Waals surface area contributed by atoms with Crippen molar-refractivity contribution in [2.75, 3.05) is 13.1 Å². The Balaban J connectivity index is 1.34. The van der Waals surface area contributed by atoms with Crippen molar-refractivity contribution < 1.29 is 19.8 Å². The largest absolute Gasteiger partial charge is 0.504 e. The van der Waals surface area contributed by atoms with Gasteiger partial charge in [0, 0.05) is 18.2 Å². The van der Waals surface area contributed by atoms with Crippen LogP contribution in [0.5, 0.6) is 17.2 Å². The zero-order chi connectivity index (χ0) is 21.5. The number of benzene rings is 2. The number of likely N-dealkylation sites (tertiary alicyclic amines) is 1. The summed E-state index contributed by atoms with van der Waals surface area (Å²) in [4.78, 5) is 8.31. The summed E-state index contributed by atoms with van der Waals surface area (Å²) in [6.45, 7) is 2.01. The van der Waals surface area contributed by atoms with Crippen LogP contribution in [-0.2, 0) is 11.8 Å². The zero-order valence-corrected chi connectivity index (χ0v) is 18.0. The Hall–Kier alpha value is -2.57. The summed E-state index contributed by atoms with van der Waals surface area (Å²) < 4.78 is 6.46. The van der Waals surface area contributed by atoms with Crippen LogP contribution in [0.25, 0.3) is 0 Å². The van der Waals surface area contributed by atoms with E-state index in [1.54, 1.807) is 6.07 Å². The number of hydrogen-bond donors (Lipinski definition) is 2. The third-order valence-corrected chi connectivity index (χ3v) is 8.59. The highest BCUT2D eigenvalue weighted by Crippen LogP contribution is 2.65. The number of oxime groups is 1. The summed E-state index contributed by atoms with van der Waals surface area (Å²) in [7, 11) is 0. The third kappa shape index (κ3) is 2.40. The molecule has 0 aromatic heterocycles. The summed E-state index contributed by atoms with van der Waals surface area (Å²) in [5.74, 6) is 2.14. The van der Waals surface area contributed by atoms with Crippen LogP contribution in [0.15, 0.2) is 47.6 Å². The van der Waals surface area contributed by atoms with E-state index in [-0.39, 0.29) is 11.8 Å². The average Bonchev–Trinajstić information content (AvgIpc) is 3.54. The van der Waals surface area contributed by atoms with Crippen LogP contribution in [0.1, 0.15) is 43.2 Å². The molecule has 0 amide bonds. The van der Waals surface area contributed by atoms with E-state index in [1.165, 1.54) is 18.4 Å². The average molecular weight is 433 g/mol. The topological polar surface area (TPSA) is 74.5 Å². The molecule has 6 nitrogen and oxygen atoms in total. The van der Waals surface area contributed by atoms with Crippen LogP contribution in [0.4, 0.5) is 0 Å². The lowest BCUT2D eigenvalue weighted by molar-refractivity contribution is -0.167. The van der Waals surface area contributed by atoms with Crippen LogP contribution in [0, 0.1) is 5.92 Å². The smallest absolute Gasteiger partial charge is 0.166 e. The fraction of sp³-hybridized carbons (Fsp3) is 0.500. The molecule has 2 bridgehead atoms. The van der Waals surface area contributed by atoms with Gasteiger partial charge in [0.1, 0.15) is 0 Å². The van der Waals surface area contributed by atoms with Crippen molar-refractivity contribution in [3.8, 4) is 17.2 Å². The SMILES string of the molecule is Oc1ccc2c3c1O[C@H]1/C(=N\Oc4ccccc4)CC[C@@]4(O)[C@@H](C2)N(CC2CC2)CC[C@]314. The van der Waals surface area contributed by atoms with Crippen LogP contribution in [0.2, 0.25) is 0 Å². The molecule has 0 radical (unpaired) electrons. The minimum absolute atomic E-state index is 0.0718. The maximum Gasteiger partial charge on any atom is 0.166 e. The second kappa shape index (κ2) is 6.49. The number of rotatable bonds is 4. The molecule has 1 saturated heterocycles. The Morgan fingerprint density at radius 2 is 1.97 bits per heavy atom. The molecule has 2 heterocycles. The highest BCUT2D eigenvalue weighted by molar-refractivity contribution is 5.94. The lowest BCUT2D eigenvalue weighted by Gasteiger charge is -2.63. The van der Waals surface area contributed by atoms with Gasteiger partial charge in [0.2, 0.25) is 0 Å². The molecule has 2 saturated carbocycles. The molecule has 5 aliphatic rings. The molecule has 7 rings (SSSR count). The summed E-state index contributed by atoms with van der Waals surface area (Å²) in [6.07, 6.45) is 5.04. The quantitative estimate of drug-likeness (QED) is 0.725. The molecule has 2 N–H and O–H groups in total. The van der Waals surface area contributed by atoms with Crippen molar-refractivity contribution in [3.05, 3.63) is 53.6 Å². The highest BCUT2D eigenvalue weighted by atomic mass is 16.6. The number of para-hydroxylation sites is 1. The monoisotopic (exact) mass is 432 g/mol. The van der Waals surface area contributed by atoms with Gasteiger partial charge in [-0.3, -0.25) is 4.90 Å². The molecule has 2 aromatic carbocycles. The number of piperidine rings is 1. The first-order chi connectivity index (χ1) is 15.6. The molecular weight excluding hydrogens is 404 g/mol. The molecule has 2 aliphatic heterocycles. The van der Waals surface area contributed by atoms with E-state index in [0.717, 1.165) is 43.1 Å².